The number of halogens is 3. The van der Waals surface area contributed by atoms with E-state index in [1.165, 1.54) is 6.07 Å². The van der Waals surface area contributed by atoms with Crippen LogP contribution in [-0.4, -0.2) is 5.11 Å². The minimum atomic E-state index is -0.804. The number of benzene rings is 1. The third-order valence-electron chi connectivity index (χ3n) is 2.48. The molecular formula is C12H9ClFIOS. The third kappa shape index (κ3) is 2.81. The van der Waals surface area contributed by atoms with E-state index in [1.807, 2.05) is 11.4 Å². The summed E-state index contributed by atoms with van der Waals surface area (Å²) in [6.45, 7) is 1.65. The molecule has 5 heteroatoms. The van der Waals surface area contributed by atoms with Crippen LogP contribution in [0.2, 0.25) is 5.02 Å². The van der Waals surface area contributed by atoms with Gasteiger partial charge in [-0.25, -0.2) is 4.39 Å². The molecule has 1 aromatic heterocycles. The molecule has 1 nitrogen and oxygen atoms in total. The van der Waals surface area contributed by atoms with Crippen LogP contribution in [0.15, 0.2) is 23.6 Å². The fourth-order valence-electron chi connectivity index (χ4n) is 1.54. The summed E-state index contributed by atoms with van der Waals surface area (Å²) in [5.74, 6) is -0.356. The zero-order valence-electron chi connectivity index (χ0n) is 8.88. The lowest BCUT2D eigenvalue weighted by Gasteiger charge is -2.12. The second-order valence-electron chi connectivity index (χ2n) is 3.71. The highest BCUT2D eigenvalue weighted by molar-refractivity contribution is 14.1. The van der Waals surface area contributed by atoms with E-state index in [-0.39, 0.29) is 10.8 Å². The Bertz CT molecular complexity index is 555. The van der Waals surface area contributed by atoms with Crippen molar-refractivity contribution in [2.75, 3.05) is 0 Å². The molecule has 1 heterocycles. The average Bonchev–Trinajstić information content (AvgIpc) is 2.69. The quantitative estimate of drug-likeness (QED) is 0.756. The van der Waals surface area contributed by atoms with Gasteiger partial charge in [0.05, 0.1) is 2.88 Å². The Kier molecular flexibility index (Phi) is 4.07. The smallest absolute Gasteiger partial charge is 0.127 e. The fourth-order valence-corrected chi connectivity index (χ4v) is 3.18. The van der Waals surface area contributed by atoms with Crippen molar-refractivity contribution in [2.45, 2.75) is 13.0 Å². The summed E-state index contributed by atoms with van der Waals surface area (Å²) in [5, 5.41) is 12.3. The molecule has 0 radical (unpaired) electrons. The van der Waals surface area contributed by atoms with Crippen LogP contribution in [0.4, 0.5) is 4.39 Å². The number of thiophene rings is 1. The highest BCUT2D eigenvalue weighted by atomic mass is 127. The van der Waals surface area contributed by atoms with E-state index in [2.05, 4.69) is 22.6 Å². The molecule has 1 atom stereocenters. The lowest BCUT2D eigenvalue weighted by molar-refractivity contribution is 0.220. The number of aliphatic hydroxyl groups excluding tert-OH is 1. The molecule has 0 spiro atoms. The minimum Gasteiger partial charge on any atom is -0.384 e. The van der Waals surface area contributed by atoms with E-state index in [9.17, 15) is 9.50 Å². The largest absolute Gasteiger partial charge is 0.384 e. The van der Waals surface area contributed by atoms with Gasteiger partial charge in [-0.15, -0.1) is 11.3 Å². The summed E-state index contributed by atoms with van der Waals surface area (Å²) in [4.78, 5) is 0. The Morgan fingerprint density at radius 1 is 1.41 bits per heavy atom. The predicted octanol–water partition coefficient (Wildman–Crippen LogP) is 4.54. The van der Waals surface area contributed by atoms with Gasteiger partial charge in [-0.05, 0) is 64.2 Å². The second kappa shape index (κ2) is 5.22. The third-order valence-corrected chi connectivity index (χ3v) is 4.61. The Morgan fingerprint density at radius 2 is 2.12 bits per heavy atom. The first-order valence-corrected chi connectivity index (χ1v) is 7.20. The number of rotatable bonds is 2. The second-order valence-corrected chi connectivity index (χ2v) is 6.92. The van der Waals surface area contributed by atoms with Crippen LogP contribution < -0.4 is 0 Å². The van der Waals surface area contributed by atoms with E-state index in [1.54, 1.807) is 24.3 Å². The van der Waals surface area contributed by atoms with Crippen molar-refractivity contribution in [2.24, 2.45) is 0 Å². The van der Waals surface area contributed by atoms with Crippen LogP contribution in [0.5, 0.6) is 0 Å². The van der Waals surface area contributed by atoms with Crippen molar-refractivity contribution in [3.63, 3.8) is 0 Å². The summed E-state index contributed by atoms with van der Waals surface area (Å²) in [6, 6.07) is 4.73. The van der Waals surface area contributed by atoms with Crippen molar-refractivity contribution >= 4 is 45.5 Å². The molecule has 90 valence electrons. The number of aliphatic hydroxyl groups is 1. The van der Waals surface area contributed by atoms with Crippen molar-refractivity contribution in [3.05, 3.63) is 54.0 Å². The van der Waals surface area contributed by atoms with Crippen molar-refractivity contribution < 1.29 is 9.50 Å². The summed E-state index contributed by atoms with van der Waals surface area (Å²) in [6.07, 6.45) is -0.804. The first-order chi connectivity index (χ1) is 7.99. The van der Waals surface area contributed by atoms with Gasteiger partial charge in [-0.3, -0.25) is 0 Å². The molecule has 0 aliphatic heterocycles. The Balaban J connectivity index is 2.43. The van der Waals surface area contributed by atoms with Gasteiger partial charge in [0.15, 0.2) is 0 Å². The van der Waals surface area contributed by atoms with Gasteiger partial charge in [0.1, 0.15) is 11.9 Å². The van der Waals surface area contributed by atoms with Crippen LogP contribution in [0.25, 0.3) is 0 Å². The zero-order chi connectivity index (χ0) is 12.6. The van der Waals surface area contributed by atoms with E-state index in [4.69, 9.17) is 11.6 Å². The molecule has 0 aliphatic carbocycles. The minimum absolute atomic E-state index is 0.252. The Morgan fingerprint density at radius 3 is 2.71 bits per heavy atom. The van der Waals surface area contributed by atoms with Crippen molar-refractivity contribution in [1.82, 2.24) is 0 Å². The maximum atomic E-state index is 13.3. The van der Waals surface area contributed by atoms with Crippen LogP contribution in [-0.2, 0) is 0 Å². The molecule has 17 heavy (non-hydrogen) atoms. The van der Waals surface area contributed by atoms with Gasteiger partial charge in [-0.1, -0.05) is 11.6 Å². The average molecular weight is 383 g/mol. The van der Waals surface area contributed by atoms with Gasteiger partial charge in [0.2, 0.25) is 0 Å². The highest BCUT2D eigenvalue weighted by Gasteiger charge is 2.17. The maximum absolute atomic E-state index is 13.3. The van der Waals surface area contributed by atoms with Crippen molar-refractivity contribution in [3.8, 4) is 0 Å². The summed E-state index contributed by atoms with van der Waals surface area (Å²) < 4.78 is 14.4. The van der Waals surface area contributed by atoms with E-state index in [0.29, 0.717) is 11.1 Å². The normalized spacial score (nSPS) is 12.8. The first-order valence-electron chi connectivity index (χ1n) is 4.86. The zero-order valence-corrected chi connectivity index (χ0v) is 12.6. The van der Waals surface area contributed by atoms with Crippen LogP contribution in [0.3, 0.4) is 0 Å². The number of hydrogen-bond acceptors (Lipinski definition) is 2. The molecule has 0 saturated heterocycles. The molecule has 0 aliphatic rings. The van der Waals surface area contributed by atoms with Gasteiger partial charge in [0, 0.05) is 10.6 Å². The van der Waals surface area contributed by atoms with Crippen molar-refractivity contribution in [1.29, 1.82) is 0 Å². The summed E-state index contributed by atoms with van der Waals surface area (Å²) in [7, 11) is 0. The molecule has 0 bridgehead atoms. The molecule has 2 aromatic rings. The number of aryl methyl sites for hydroxylation is 1. The van der Waals surface area contributed by atoms with E-state index in [0.717, 1.165) is 8.45 Å². The standard InChI is InChI=1S/C12H9ClFIOS/c1-6-2-8(9(13)4-10(6)14)12(16)7-3-11(15)17-5-7/h2-5,12,16H,1H3. The van der Waals surface area contributed by atoms with Crippen LogP contribution in [0.1, 0.15) is 22.8 Å². The lowest BCUT2D eigenvalue weighted by Crippen LogP contribution is -2.00. The number of hydrogen-bond donors (Lipinski definition) is 1. The van der Waals surface area contributed by atoms with Crippen LogP contribution >= 0.6 is 45.5 Å². The maximum Gasteiger partial charge on any atom is 0.127 e. The van der Waals surface area contributed by atoms with Gasteiger partial charge >= 0.3 is 0 Å². The molecule has 0 amide bonds. The molecule has 1 aromatic carbocycles. The molecule has 1 N–H and O–H groups in total. The SMILES string of the molecule is Cc1cc(C(O)c2csc(I)c2)c(Cl)cc1F. The predicted molar refractivity (Wildman–Crippen MR) is 77.2 cm³/mol. The Labute approximate surface area is 121 Å². The van der Waals surface area contributed by atoms with Gasteiger partial charge in [0.25, 0.3) is 0 Å². The van der Waals surface area contributed by atoms with E-state index < -0.39 is 6.10 Å². The topological polar surface area (TPSA) is 20.2 Å². The first kappa shape index (κ1) is 13.3. The van der Waals surface area contributed by atoms with E-state index >= 15 is 0 Å². The molecule has 1 unspecified atom stereocenters. The molecule has 0 fully saturated rings. The highest BCUT2D eigenvalue weighted by Crippen LogP contribution is 2.32. The molecule has 0 saturated carbocycles. The summed E-state index contributed by atoms with van der Waals surface area (Å²) >= 11 is 9.69. The summed E-state index contributed by atoms with van der Waals surface area (Å²) in [5.41, 5.74) is 1.81. The lowest BCUT2D eigenvalue weighted by atomic mass is 10.0. The van der Waals surface area contributed by atoms with Gasteiger partial charge < -0.3 is 5.11 Å². The fraction of sp³-hybridized carbons (Fsp3) is 0.167. The van der Waals surface area contributed by atoms with Crippen LogP contribution in [0, 0.1) is 15.6 Å². The monoisotopic (exact) mass is 382 g/mol. The molecular weight excluding hydrogens is 374 g/mol. The Hall–Kier alpha value is -0.170. The molecule has 2 rings (SSSR count). The van der Waals surface area contributed by atoms with Gasteiger partial charge in [-0.2, -0.15) is 0 Å².